The third kappa shape index (κ3) is 3.05. The van der Waals surface area contributed by atoms with Crippen LogP contribution in [0.1, 0.15) is 18.2 Å². The summed E-state index contributed by atoms with van der Waals surface area (Å²) in [4.78, 5) is 18.6. The predicted molar refractivity (Wildman–Crippen MR) is 109 cm³/mol. The molecule has 0 spiro atoms. The number of fused-ring (bicyclic) bond motifs is 2. The van der Waals surface area contributed by atoms with Crippen molar-refractivity contribution in [3.05, 3.63) is 48.7 Å². The van der Waals surface area contributed by atoms with Gasteiger partial charge in [0.15, 0.2) is 17.0 Å². The standard InChI is InChI=1S/C20H22N6O4/c1-29-26-8-12(13-4-2-3-5-14(13)26)7-21-19-18-20(23-10-22-19)25(11-24-18)17-6-15(28)16(9-27)30-17/h2-5,8,10-11,15-17,27-28H,6-7,9H2,1H3,(H,21,22,23)/t15?,16-,17-/m1/s1. The number of imidazole rings is 1. The van der Waals surface area contributed by atoms with Gasteiger partial charge in [-0.1, -0.05) is 18.2 Å². The first-order valence-electron chi connectivity index (χ1n) is 9.69. The molecule has 3 aromatic heterocycles. The Morgan fingerprint density at radius 3 is 2.93 bits per heavy atom. The van der Waals surface area contributed by atoms with Gasteiger partial charge in [0.25, 0.3) is 0 Å². The topological polar surface area (TPSA) is 119 Å². The Hall–Kier alpha value is -3.21. The number of anilines is 1. The summed E-state index contributed by atoms with van der Waals surface area (Å²) in [7, 11) is 1.63. The van der Waals surface area contributed by atoms with Crippen LogP contribution in [0, 0.1) is 0 Å². The van der Waals surface area contributed by atoms with E-state index in [2.05, 4.69) is 20.3 Å². The maximum atomic E-state index is 10.0. The summed E-state index contributed by atoms with van der Waals surface area (Å²) in [6, 6.07) is 8.01. The molecular formula is C20H22N6O4. The highest BCUT2D eigenvalue weighted by atomic mass is 16.6. The number of nitrogens with one attached hydrogen (secondary N) is 1. The Morgan fingerprint density at radius 1 is 1.27 bits per heavy atom. The lowest BCUT2D eigenvalue weighted by Gasteiger charge is -2.13. The van der Waals surface area contributed by atoms with Crippen molar-refractivity contribution in [3.8, 4) is 0 Å². The zero-order chi connectivity index (χ0) is 20.7. The molecule has 0 amide bonds. The van der Waals surface area contributed by atoms with Crippen LogP contribution in [0.2, 0.25) is 0 Å². The van der Waals surface area contributed by atoms with Crippen LogP contribution in [0.3, 0.4) is 0 Å². The van der Waals surface area contributed by atoms with Crippen molar-refractivity contribution in [2.75, 3.05) is 19.0 Å². The third-order valence-corrected chi connectivity index (χ3v) is 5.46. The fourth-order valence-electron chi connectivity index (χ4n) is 3.93. The van der Waals surface area contributed by atoms with Crippen molar-refractivity contribution in [1.29, 1.82) is 0 Å². The van der Waals surface area contributed by atoms with Gasteiger partial charge in [-0.05, 0) is 6.07 Å². The molecule has 1 aliphatic heterocycles. The molecule has 5 rings (SSSR count). The van der Waals surface area contributed by atoms with Gasteiger partial charge in [-0.3, -0.25) is 4.57 Å². The summed E-state index contributed by atoms with van der Waals surface area (Å²) in [5, 5.41) is 23.8. The molecule has 1 aliphatic rings. The van der Waals surface area contributed by atoms with E-state index in [-0.39, 0.29) is 6.61 Å². The third-order valence-electron chi connectivity index (χ3n) is 5.46. The number of para-hydroxylation sites is 1. The molecule has 1 fully saturated rings. The highest BCUT2D eigenvalue weighted by Gasteiger charge is 2.35. The second kappa shape index (κ2) is 7.56. The van der Waals surface area contributed by atoms with Crippen LogP contribution >= 0.6 is 0 Å². The number of rotatable bonds is 6. The first-order valence-corrected chi connectivity index (χ1v) is 9.69. The van der Waals surface area contributed by atoms with E-state index in [1.807, 2.05) is 30.5 Å². The maximum absolute atomic E-state index is 10.0. The molecule has 3 N–H and O–H groups in total. The monoisotopic (exact) mass is 410 g/mol. The highest BCUT2D eigenvalue weighted by molar-refractivity contribution is 5.85. The SMILES string of the molecule is COn1cc(CNc2ncnc3c2ncn3[C@H]2CC(O)[C@@H](CO)O2)c2ccccc21. The summed E-state index contributed by atoms with van der Waals surface area (Å²) in [6.45, 7) is 0.294. The Morgan fingerprint density at radius 2 is 2.13 bits per heavy atom. The molecule has 0 radical (unpaired) electrons. The lowest BCUT2D eigenvalue weighted by Crippen LogP contribution is -2.24. The van der Waals surface area contributed by atoms with Crippen LogP contribution < -0.4 is 10.2 Å². The Kier molecular flexibility index (Phi) is 4.74. The van der Waals surface area contributed by atoms with Gasteiger partial charge in [-0.15, -0.1) is 0 Å². The molecular weight excluding hydrogens is 388 g/mol. The van der Waals surface area contributed by atoms with E-state index in [0.717, 1.165) is 16.5 Å². The molecule has 30 heavy (non-hydrogen) atoms. The van der Waals surface area contributed by atoms with Crippen molar-refractivity contribution in [3.63, 3.8) is 0 Å². The maximum Gasteiger partial charge on any atom is 0.167 e. The number of hydrogen-bond donors (Lipinski definition) is 3. The summed E-state index contributed by atoms with van der Waals surface area (Å²) < 4.78 is 9.23. The fourth-order valence-corrected chi connectivity index (χ4v) is 3.93. The van der Waals surface area contributed by atoms with E-state index >= 15 is 0 Å². The van der Waals surface area contributed by atoms with Crippen LogP contribution in [-0.2, 0) is 11.3 Å². The van der Waals surface area contributed by atoms with E-state index in [1.54, 1.807) is 22.7 Å². The zero-order valence-electron chi connectivity index (χ0n) is 16.3. The number of nitrogens with zero attached hydrogens (tertiary/aromatic N) is 5. The number of aromatic nitrogens is 5. The first-order chi connectivity index (χ1) is 14.7. The van der Waals surface area contributed by atoms with Crippen molar-refractivity contribution in [2.45, 2.75) is 31.4 Å². The molecule has 4 heterocycles. The van der Waals surface area contributed by atoms with Crippen molar-refractivity contribution < 1.29 is 19.8 Å². The van der Waals surface area contributed by atoms with Gasteiger partial charge in [0.2, 0.25) is 0 Å². The molecule has 1 aromatic carbocycles. The molecule has 10 nitrogen and oxygen atoms in total. The Bertz CT molecular complexity index is 1190. The van der Waals surface area contributed by atoms with E-state index < -0.39 is 18.4 Å². The fraction of sp³-hybridized carbons (Fsp3) is 0.350. The van der Waals surface area contributed by atoms with E-state index in [0.29, 0.717) is 29.9 Å². The second-order valence-corrected chi connectivity index (χ2v) is 7.19. The van der Waals surface area contributed by atoms with Gasteiger partial charge < -0.3 is 25.1 Å². The van der Waals surface area contributed by atoms with E-state index in [1.165, 1.54) is 6.33 Å². The Balaban J connectivity index is 1.42. The molecule has 0 aliphatic carbocycles. The quantitative estimate of drug-likeness (QED) is 0.432. The normalized spacial score (nSPS) is 21.5. The minimum Gasteiger partial charge on any atom is -0.417 e. The molecule has 0 bridgehead atoms. The van der Waals surface area contributed by atoms with Crippen LogP contribution in [-0.4, -0.2) is 60.4 Å². The minimum atomic E-state index is -0.727. The van der Waals surface area contributed by atoms with E-state index in [4.69, 9.17) is 9.57 Å². The molecule has 10 heteroatoms. The highest BCUT2D eigenvalue weighted by Crippen LogP contribution is 2.31. The molecule has 3 atom stereocenters. The van der Waals surface area contributed by atoms with Gasteiger partial charge in [-0.2, -0.15) is 4.73 Å². The minimum absolute atomic E-state index is 0.235. The van der Waals surface area contributed by atoms with Crippen LogP contribution in [0.15, 0.2) is 43.1 Å². The summed E-state index contributed by atoms with van der Waals surface area (Å²) >= 11 is 0. The molecule has 0 saturated carbocycles. The van der Waals surface area contributed by atoms with Gasteiger partial charge in [-0.25, -0.2) is 15.0 Å². The molecule has 1 saturated heterocycles. The summed E-state index contributed by atoms with van der Waals surface area (Å²) in [6.07, 6.45) is 3.62. The van der Waals surface area contributed by atoms with Gasteiger partial charge in [0.1, 0.15) is 25.8 Å². The van der Waals surface area contributed by atoms with Crippen molar-refractivity contribution in [2.24, 2.45) is 0 Å². The van der Waals surface area contributed by atoms with Crippen molar-refractivity contribution >= 4 is 27.9 Å². The lowest BCUT2D eigenvalue weighted by atomic mass is 10.2. The van der Waals surface area contributed by atoms with Gasteiger partial charge >= 0.3 is 0 Å². The average molecular weight is 410 g/mol. The van der Waals surface area contributed by atoms with E-state index in [9.17, 15) is 10.2 Å². The number of aliphatic hydroxyl groups is 2. The molecule has 4 aromatic rings. The summed E-state index contributed by atoms with van der Waals surface area (Å²) in [5.74, 6) is 0.602. The predicted octanol–water partition coefficient (Wildman–Crippen LogP) is 1.09. The second-order valence-electron chi connectivity index (χ2n) is 7.19. The van der Waals surface area contributed by atoms with Crippen molar-refractivity contribution in [1.82, 2.24) is 24.2 Å². The molecule has 156 valence electrons. The number of benzene rings is 1. The van der Waals surface area contributed by atoms with Crippen LogP contribution in [0.25, 0.3) is 22.1 Å². The average Bonchev–Trinajstić information content (AvgIpc) is 3.46. The summed E-state index contributed by atoms with van der Waals surface area (Å²) in [5.41, 5.74) is 3.26. The zero-order valence-corrected chi connectivity index (χ0v) is 16.3. The van der Waals surface area contributed by atoms with Gasteiger partial charge in [0.05, 0.1) is 24.6 Å². The van der Waals surface area contributed by atoms with Crippen LogP contribution in [0.5, 0.6) is 0 Å². The number of aliphatic hydroxyl groups excluding tert-OH is 2. The van der Waals surface area contributed by atoms with Gasteiger partial charge in [0, 0.05) is 30.1 Å². The number of ether oxygens (including phenoxy) is 1. The largest absolute Gasteiger partial charge is 0.417 e. The first kappa shape index (κ1) is 18.8. The van der Waals surface area contributed by atoms with Crippen LogP contribution in [0.4, 0.5) is 5.82 Å². The number of hydrogen-bond acceptors (Lipinski definition) is 8. The smallest absolute Gasteiger partial charge is 0.167 e. The Labute approximate surface area is 171 Å². The molecule has 1 unspecified atom stereocenters. The lowest BCUT2D eigenvalue weighted by molar-refractivity contribution is -0.0432.